The molecule has 0 aromatic heterocycles. The minimum absolute atomic E-state index is 0.0219. The molecule has 0 saturated heterocycles. The fourth-order valence-electron chi connectivity index (χ4n) is 1.63. The summed E-state index contributed by atoms with van der Waals surface area (Å²) in [7, 11) is 0. The van der Waals surface area contributed by atoms with Crippen LogP contribution >= 0.6 is 0 Å². The Morgan fingerprint density at radius 3 is 2.53 bits per heavy atom. The molecule has 1 atom stereocenters. The number of hydrogen-bond acceptors (Lipinski definition) is 2. The van der Waals surface area contributed by atoms with Gasteiger partial charge in [0.05, 0.1) is 0 Å². The van der Waals surface area contributed by atoms with E-state index in [0.29, 0.717) is 13.1 Å². The molecule has 3 nitrogen and oxygen atoms in total. The van der Waals surface area contributed by atoms with Crippen molar-refractivity contribution in [3.63, 3.8) is 0 Å². The van der Waals surface area contributed by atoms with Gasteiger partial charge in [0.1, 0.15) is 11.6 Å². The molecule has 19 heavy (non-hydrogen) atoms. The van der Waals surface area contributed by atoms with Crippen LogP contribution in [0.5, 0.6) is 0 Å². The topological polar surface area (TPSA) is 41.1 Å². The van der Waals surface area contributed by atoms with Crippen LogP contribution in [0.4, 0.5) is 8.78 Å². The largest absolute Gasteiger partial charge is 0.355 e. The van der Waals surface area contributed by atoms with E-state index in [-0.39, 0.29) is 23.4 Å². The summed E-state index contributed by atoms with van der Waals surface area (Å²) in [4.78, 5) is 11.3. The molecule has 0 aliphatic carbocycles. The van der Waals surface area contributed by atoms with Crippen LogP contribution in [0.3, 0.4) is 0 Å². The Hall–Kier alpha value is -1.49. The fraction of sp³-hybridized carbons (Fsp3) is 0.500. The van der Waals surface area contributed by atoms with Crippen LogP contribution < -0.4 is 10.6 Å². The monoisotopic (exact) mass is 270 g/mol. The number of nitrogens with one attached hydrogen (secondary N) is 2. The minimum atomic E-state index is -0.460. The molecule has 2 N–H and O–H groups in total. The van der Waals surface area contributed by atoms with Crippen molar-refractivity contribution in [3.05, 3.63) is 35.4 Å². The van der Waals surface area contributed by atoms with Gasteiger partial charge >= 0.3 is 0 Å². The lowest BCUT2D eigenvalue weighted by atomic mass is 10.1. The van der Waals surface area contributed by atoms with Crippen molar-refractivity contribution in [1.82, 2.24) is 10.6 Å². The van der Waals surface area contributed by atoms with E-state index in [1.807, 2.05) is 13.8 Å². The van der Waals surface area contributed by atoms with E-state index in [2.05, 4.69) is 10.6 Å². The Morgan fingerprint density at radius 2 is 1.89 bits per heavy atom. The molecule has 1 rings (SSSR count). The van der Waals surface area contributed by atoms with Gasteiger partial charge in [-0.3, -0.25) is 4.79 Å². The molecule has 106 valence electrons. The molecule has 5 heteroatoms. The van der Waals surface area contributed by atoms with Crippen LogP contribution in [0, 0.1) is 17.6 Å². The van der Waals surface area contributed by atoms with Gasteiger partial charge in [-0.25, -0.2) is 8.78 Å². The van der Waals surface area contributed by atoms with Crippen molar-refractivity contribution in [2.75, 3.05) is 13.1 Å². The quantitative estimate of drug-likeness (QED) is 0.779. The molecule has 1 aromatic rings. The van der Waals surface area contributed by atoms with Gasteiger partial charge in [0.2, 0.25) is 5.91 Å². The molecule has 0 bridgehead atoms. The Labute approximate surface area is 112 Å². The van der Waals surface area contributed by atoms with Gasteiger partial charge < -0.3 is 10.6 Å². The molecule has 1 aromatic carbocycles. The lowest BCUT2D eigenvalue weighted by Crippen LogP contribution is -2.35. The second-order valence-electron chi connectivity index (χ2n) is 4.79. The normalized spacial score (nSPS) is 12.5. The van der Waals surface area contributed by atoms with Crippen molar-refractivity contribution in [2.24, 2.45) is 5.92 Å². The third kappa shape index (κ3) is 4.95. The average Bonchev–Trinajstić information content (AvgIpc) is 2.36. The third-order valence-electron chi connectivity index (χ3n) is 2.82. The zero-order valence-electron chi connectivity index (χ0n) is 11.5. The lowest BCUT2D eigenvalue weighted by molar-refractivity contribution is -0.123. The molecule has 0 aliphatic heterocycles. The second kappa shape index (κ2) is 7.19. The first kappa shape index (κ1) is 15.6. The molecular formula is C14H20F2N2O. The summed E-state index contributed by atoms with van der Waals surface area (Å²) >= 11 is 0. The smallest absolute Gasteiger partial charge is 0.222 e. The van der Waals surface area contributed by atoms with Crippen LogP contribution in [0.1, 0.15) is 32.4 Å². The van der Waals surface area contributed by atoms with Crippen molar-refractivity contribution in [2.45, 2.75) is 26.8 Å². The predicted molar refractivity (Wildman–Crippen MR) is 70.6 cm³/mol. The van der Waals surface area contributed by atoms with E-state index in [1.54, 1.807) is 6.92 Å². The highest BCUT2D eigenvalue weighted by molar-refractivity contribution is 5.77. The first-order valence-corrected chi connectivity index (χ1v) is 6.38. The number of hydrogen-bond donors (Lipinski definition) is 2. The van der Waals surface area contributed by atoms with Crippen LogP contribution in [-0.2, 0) is 4.79 Å². The first-order chi connectivity index (χ1) is 8.91. The van der Waals surface area contributed by atoms with Gasteiger partial charge in [-0.15, -0.1) is 0 Å². The summed E-state index contributed by atoms with van der Waals surface area (Å²) in [6.45, 7) is 6.33. The summed E-state index contributed by atoms with van der Waals surface area (Å²) in [5.74, 6) is -0.977. The highest BCUT2D eigenvalue weighted by atomic mass is 19.1. The van der Waals surface area contributed by atoms with E-state index in [0.717, 1.165) is 12.1 Å². The standard InChI is InChI=1S/C14H20F2N2O/c1-9(2)14(19)18-7-6-17-10(3)12-8-11(15)4-5-13(12)16/h4-5,8-10,17H,6-7H2,1-3H3,(H,18,19). The van der Waals surface area contributed by atoms with Crippen molar-refractivity contribution in [3.8, 4) is 0 Å². The highest BCUT2D eigenvalue weighted by Crippen LogP contribution is 2.17. The number of carbonyl (C=O) groups excluding carboxylic acids is 1. The molecule has 0 aliphatic rings. The number of amides is 1. The van der Waals surface area contributed by atoms with Crippen LogP contribution in [0.2, 0.25) is 0 Å². The van der Waals surface area contributed by atoms with E-state index >= 15 is 0 Å². The highest BCUT2D eigenvalue weighted by Gasteiger charge is 2.11. The van der Waals surface area contributed by atoms with Crippen molar-refractivity contribution >= 4 is 5.91 Å². The molecule has 1 unspecified atom stereocenters. The van der Waals surface area contributed by atoms with Gasteiger partial charge in [-0.05, 0) is 25.1 Å². The molecule has 0 heterocycles. The Balaban J connectivity index is 2.41. The lowest BCUT2D eigenvalue weighted by Gasteiger charge is -2.15. The van der Waals surface area contributed by atoms with Gasteiger partial charge in [-0.2, -0.15) is 0 Å². The van der Waals surface area contributed by atoms with Gasteiger partial charge in [0.15, 0.2) is 0 Å². The predicted octanol–water partition coefficient (Wildman–Crippen LogP) is 2.39. The molecule has 1 amide bonds. The van der Waals surface area contributed by atoms with E-state index < -0.39 is 11.6 Å². The van der Waals surface area contributed by atoms with Gasteiger partial charge in [0.25, 0.3) is 0 Å². The molecule has 0 radical (unpaired) electrons. The maximum Gasteiger partial charge on any atom is 0.222 e. The maximum absolute atomic E-state index is 13.5. The molecule has 0 saturated carbocycles. The Bertz CT molecular complexity index is 435. The van der Waals surface area contributed by atoms with Crippen LogP contribution in [0.25, 0.3) is 0 Å². The van der Waals surface area contributed by atoms with Crippen molar-refractivity contribution < 1.29 is 13.6 Å². The van der Waals surface area contributed by atoms with E-state index in [1.165, 1.54) is 6.07 Å². The summed E-state index contributed by atoms with van der Waals surface area (Å²) < 4.78 is 26.5. The fourth-order valence-corrected chi connectivity index (χ4v) is 1.63. The third-order valence-corrected chi connectivity index (χ3v) is 2.82. The van der Waals surface area contributed by atoms with Crippen molar-refractivity contribution in [1.29, 1.82) is 0 Å². The maximum atomic E-state index is 13.5. The zero-order valence-corrected chi connectivity index (χ0v) is 11.5. The van der Waals surface area contributed by atoms with Crippen LogP contribution in [-0.4, -0.2) is 19.0 Å². The van der Waals surface area contributed by atoms with Crippen LogP contribution in [0.15, 0.2) is 18.2 Å². The molecule has 0 fully saturated rings. The SMILES string of the molecule is CC(C)C(=O)NCCNC(C)c1cc(F)ccc1F. The van der Waals surface area contributed by atoms with E-state index in [9.17, 15) is 13.6 Å². The first-order valence-electron chi connectivity index (χ1n) is 6.38. The second-order valence-corrected chi connectivity index (χ2v) is 4.79. The Kier molecular flexibility index (Phi) is 5.89. The van der Waals surface area contributed by atoms with E-state index in [4.69, 9.17) is 0 Å². The number of halogens is 2. The molecule has 0 spiro atoms. The molecular weight excluding hydrogens is 250 g/mol. The summed E-state index contributed by atoms with van der Waals surface area (Å²) in [6, 6.07) is 3.07. The summed E-state index contributed by atoms with van der Waals surface area (Å²) in [6.07, 6.45) is 0. The Morgan fingerprint density at radius 1 is 1.21 bits per heavy atom. The van der Waals surface area contributed by atoms with Gasteiger partial charge in [-0.1, -0.05) is 13.8 Å². The summed E-state index contributed by atoms with van der Waals surface area (Å²) in [5, 5.41) is 5.79. The zero-order chi connectivity index (χ0) is 14.4. The van der Waals surface area contributed by atoms with Gasteiger partial charge in [0, 0.05) is 30.6 Å². The number of carbonyl (C=O) groups is 1. The minimum Gasteiger partial charge on any atom is -0.355 e. The number of benzene rings is 1. The number of rotatable bonds is 6. The average molecular weight is 270 g/mol. The summed E-state index contributed by atoms with van der Waals surface area (Å²) in [5.41, 5.74) is 0.287.